The molecule has 0 amide bonds. The van der Waals surface area contributed by atoms with Crippen molar-refractivity contribution < 1.29 is 13.2 Å². The topological polar surface area (TPSA) is 81.1 Å². The Morgan fingerprint density at radius 2 is 1.85 bits per heavy atom. The molecule has 0 atom stereocenters. The van der Waals surface area contributed by atoms with Gasteiger partial charge in [-0.1, -0.05) is 48.2 Å². The summed E-state index contributed by atoms with van der Waals surface area (Å²) in [6, 6.07) is 15.2. The summed E-state index contributed by atoms with van der Waals surface area (Å²) >= 11 is 1.42. The summed E-state index contributed by atoms with van der Waals surface area (Å²) in [6.45, 7) is 0.342. The molecule has 0 fully saturated rings. The minimum absolute atomic E-state index is 0.0351. The minimum Gasteiger partial charge on any atom is -0.322 e. The Kier molecular flexibility index (Phi) is 5.98. The molecule has 3 rings (SSSR count). The Labute approximate surface area is 163 Å². The number of sulfonamides is 1. The molecule has 0 aliphatic rings. The molecule has 0 radical (unpaired) electrons. The number of fused-ring (bicyclic) bond motifs is 1. The lowest BCUT2D eigenvalue weighted by Gasteiger charge is -2.05. The molecule has 1 N–H and O–H groups in total. The van der Waals surface area contributed by atoms with Crippen LogP contribution >= 0.6 is 11.8 Å². The van der Waals surface area contributed by atoms with Crippen LogP contribution in [0.4, 0.5) is 0 Å². The quantitative estimate of drug-likeness (QED) is 0.462. The first-order valence-corrected chi connectivity index (χ1v) is 11.3. The molecule has 0 aliphatic carbocycles. The van der Waals surface area contributed by atoms with Crippen molar-refractivity contribution in [3.8, 4) is 0 Å². The molecular formula is C19H21N3O3S2. The van der Waals surface area contributed by atoms with Gasteiger partial charge >= 0.3 is 0 Å². The molecule has 0 bridgehead atoms. The Bertz CT molecular complexity index is 1060. The zero-order valence-electron chi connectivity index (χ0n) is 15.2. The van der Waals surface area contributed by atoms with Gasteiger partial charge in [0.1, 0.15) is 0 Å². The number of aromatic nitrogens is 2. The van der Waals surface area contributed by atoms with Gasteiger partial charge < -0.3 is 4.57 Å². The number of Topliss-reactive ketones (excluding diaryl/α,β-unsaturated/α-hetero) is 1. The summed E-state index contributed by atoms with van der Waals surface area (Å²) in [7, 11) is -1.23. The number of imidazole rings is 1. The number of ketones is 1. The Balaban J connectivity index is 1.58. The Morgan fingerprint density at radius 1 is 1.15 bits per heavy atom. The second-order valence-corrected chi connectivity index (χ2v) is 9.04. The van der Waals surface area contributed by atoms with Crippen molar-refractivity contribution in [1.82, 2.24) is 14.3 Å². The molecule has 1 aromatic heterocycles. The number of para-hydroxylation sites is 2. The van der Waals surface area contributed by atoms with Crippen LogP contribution in [0.1, 0.15) is 15.9 Å². The molecule has 8 heteroatoms. The van der Waals surface area contributed by atoms with E-state index in [1.54, 1.807) is 12.1 Å². The Hall–Kier alpha value is -2.16. The predicted molar refractivity (Wildman–Crippen MR) is 109 cm³/mol. The number of thioether (sulfide) groups is 1. The fourth-order valence-electron chi connectivity index (χ4n) is 2.70. The first-order valence-electron chi connectivity index (χ1n) is 8.44. The number of nitrogens with one attached hydrogen (secondary N) is 1. The summed E-state index contributed by atoms with van der Waals surface area (Å²) in [6.07, 6.45) is 1.72. The third-order valence-corrected chi connectivity index (χ3v) is 5.89. The lowest BCUT2D eigenvalue weighted by molar-refractivity contribution is 0.102. The SMILES string of the molecule is Cn1c(SCC(=O)c2ccc(CCNS(C)(=O)=O)cc2)nc2ccccc21. The highest BCUT2D eigenvalue weighted by atomic mass is 32.2. The number of carbonyl (C=O) groups is 1. The first kappa shape index (κ1) is 19.6. The van der Waals surface area contributed by atoms with Crippen LogP contribution in [0.2, 0.25) is 0 Å². The van der Waals surface area contributed by atoms with Crippen molar-refractivity contribution in [2.24, 2.45) is 7.05 Å². The zero-order valence-corrected chi connectivity index (χ0v) is 16.8. The second kappa shape index (κ2) is 8.24. The molecule has 3 aromatic rings. The van der Waals surface area contributed by atoms with Crippen molar-refractivity contribution in [3.05, 3.63) is 59.7 Å². The monoisotopic (exact) mass is 403 g/mol. The summed E-state index contributed by atoms with van der Waals surface area (Å²) in [4.78, 5) is 17.0. The third kappa shape index (κ3) is 5.18. The van der Waals surface area contributed by atoms with E-state index >= 15 is 0 Å². The van der Waals surface area contributed by atoms with Crippen molar-refractivity contribution in [1.29, 1.82) is 0 Å². The maximum atomic E-state index is 12.5. The number of rotatable bonds is 8. The van der Waals surface area contributed by atoms with Crippen LogP contribution in [0.5, 0.6) is 0 Å². The van der Waals surface area contributed by atoms with Gasteiger partial charge in [-0.15, -0.1) is 0 Å². The van der Waals surface area contributed by atoms with Gasteiger partial charge in [0.05, 0.1) is 23.0 Å². The lowest BCUT2D eigenvalue weighted by Crippen LogP contribution is -2.24. The van der Waals surface area contributed by atoms with Crippen LogP contribution in [0.3, 0.4) is 0 Å². The molecule has 142 valence electrons. The average molecular weight is 404 g/mol. The van der Waals surface area contributed by atoms with E-state index in [9.17, 15) is 13.2 Å². The van der Waals surface area contributed by atoms with Crippen LogP contribution in [-0.2, 0) is 23.5 Å². The largest absolute Gasteiger partial charge is 0.322 e. The minimum atomic E-state index is -3.18. The van der Waals surface area contributed by atoms with E-state index < -0.39 is 10.0 Å². The standard InChI is InChI=1S/C19H21N3O3S2/c1-22-17-6-4-3-5-16(17)21-19(22)26-13-18(23)15-9-7-14(8-10-15)11-12-20-27(2,24)25/h3-10,20H,11-13H2,1-2H3. The highest BCUT2D eigenvalue weighted by molar-refractivity contribution is 7.99. The van der Waals surface area contributed by atoms with Gasteiger partial charge in [0, 0.05) is 19.2 Å². The van der Waals surface area contributed by atoms with E-state index in [0.29, 0.717) is 24.3 Å². The summed E-state index contributed by atoms with van der Waals surface area (Å²) in [5.74, 6) is 0.347. The molecular weight excluding hydrogens is 382 g/mol. The van der Waals surface area contributed by atoms with Gasteiger partial charge in [0.25, 0.3) is 0 Å². The summed E-state index contributed by atoms with van der Waals surface area (Å²) < 4.78 is 26.6. The molecule has 27 heavy (non-hydrogen) atoms. The van der Waals surface area contributed by atoms with E-state index in [-0.39, 0.29) is 5.78 Å². The normalized spacial score (nSPS) is 11.8. The van der Waals surface area contributed by atoms with E-state index in [1.807, 2.05) is 48.0 Å². The fraction of sp³-hybridized carbons (Fsp3) is 0.263. The van der Waals surface area contributed by atoms with Crippen LogP contribution < -0.4 is 4.72 Å². The zero-order chi connectivity index (χ0) is 19.4. The smallest absolute Gasteiger partial charge is 0.208 e. The van der Waals surface area contributed by atoms with Gasteiger partial charge in [-0.3, -0.25) is 4.79 Å². The van der Waals surface area contributed by atoms with Crippen molar-refractivity contribution in [2.45, 2.75) is 11.6 Å². The predicted octanol–water partition coefficient (Wildman–Crippen LogP) is 2.64. The van der Waals surface area contributed by atoms with E-state index in [2.05, 4.69) is 9.71 Å². The fourth-order valence-corrected chi connectivity index (χ4v) is 4.06. The van der Waals surface area contributed by atoms with Crippen molar-refractivity contribution in [3.63, 3.8) is 0 Å². The maximum Gasteiger partial charge on any atom is 0.208 e. The summed E-state index contributed by atoms with van der Waals surface area (Å²) in [5.41, 5.74) is 3.58. The number of hydrogen-bond acceptors (Lipinski definition) is 5. The van der Waals surface area contributed by atoms with Gasteiger partial charge in [-0.2, -0.15) is 0 Å². The van der Waals surface area contributed by atoms with Crippen LogP contribution in [0.15, 0.2) is 53.7 Å². The van der Waals surface area contributed by atoms with E-state index in [0.717, 1.165) is 28.0 Å². The molecule has 2 aromatic carbocycles. The summed E-state index contributed by atoms with van der Waals surface area (Å²) in [5, 5.41) is 0.813. The molecule has 0 saturated heterocycles. The maximum absolute atomic E-state index is 12.5. The van der Waals surface area contributed by atoms with Gasteiger partial charge in [-0.25, -0.2) is 18.1 Å². The van der Waals surface area contributed by atoms with Gasteiger partial charge in [-0.05, 0) is 24.1 Å². The Morgan fingerprint density at radius 3 is 2.52 bits per heavy atom. The highest BCUT2D eigenvalue weighted by Gasteiger charge is 2.12. The van der Waals surface area contributed by atoms with Gasteiger partial charge in [0.15, 0.2) is 10.9 Å². The highest BCUT2D eigenvalue weighted by Crippen LogP contribution is 2.23. The molecule has 0 spiro atoms. The van der Waals surface area contributed by atoms with E-state index in [4.69, 9.17) is 0 Å². The van der Waals surface area contributed by atoms with Crippen LogP contribution in [-0.4, -0.2) is 42.3 Å². The number of aryl methyl sites for hydroxylation is 1. The molecule has 6 nitrogen and oxygen atoms in total. The third-order valence-electron chi connectivity index (χ3n) is 4.13. The number of hydrogen-bond donors (Lipinski definition) is 1. The first-order chi connectivity index (χ1) is 12.8. The average Bonchev–Trinajstić information content (AvgIpc) is 2.95. The molecule has 0 unspecified atom stereocenters. The lowest BCUT2D eigenvalue weighted by atomic mass is 10.1. The molecule has 1 heterocycles. The van der Waals surface area contributed by atoms with E-state index in [1.165, 1.54) is 11.8 Å². The van der Waals surface area contributed by atoms with Gasteiger partial charge in [0.2, 0.25) is 10.0 Å². The van der Waals surface area contributed by atoms with Crippen LogP contribution in [0, 0.1) is 0 Å². The molecule has 0 saturated carbocycles. The van der Waals surface area contributed by atoms with Crippen molar-refractivity contribution in [2.75, 3.05) is 18.6 Å². The molecule has 0 aliphatic heterocycles. The number of benzene rings is 2. The van der Waals surface area contributed by atoms with Crippen LogP contribution in [0.25, 0.3) is 11.0 Å². The number of carbonyl (C=O) groups excluding carboxylic acids is 1. The number of nitrogens with zero attached hydrogens (tertiary/aromatic N) is 2. The van der Waals surface area contributed by atoms with Crippen molar-refractivity contribution >= 4 is 38.6 Å². The second-order valence-electron chi connectivity index (χ2n) is 6.27.